The fourth-order valence-electron chi connectivity index (χ4n) is 1.20. The second-order valence-electron chi connectivity index (χ2n) is 3.29. The maximum atomic E-state index is 11.5. The third-order valence-corrected chi connectivity index (χ3v) is 3.12. The fraction of sp³-hybridized carbons (Fsp3) is 0.364. The highest BCUT2D eigenvalue weighted by atomic mass is 32.1. The van der Waals surface area contributed by atoms with E-state index in [9.17, 15) is 14.4 Å². The maximum absolute atomic E-state index is 11.5. The van der Waals surface area contributed by atoms with Crippen molar-refractivity contribution in [2.24, 2.45) is 0 Å². The molecule has 1 amide bonds. The Morgan fingerprint density at radius 2 is 2.06 bits per heavy atom. The first-order valence-electron chi connectivity index (χ1n) is 5.15. The van der Waals surface area contributed by atoms with E-state index in [0.717, 1.165) is 11.3 Å². The number of aryl methyl sites for hydroxylation is 1. The Hall–Kier alpha value is -1.89. The van der Waals surface area contributed by atoms with Crippen molar-refractivity contribution in [3.05, 3.63) is 15.8 Å². The lowest BCUT2D eigenvalue weighted by Gasteiger charge is -2.06. The van der Waals surface area contributed by atoms with Gasteiger partial charge in [-0.15, -0.1) is 11.3 Å². The number of ether oxygens (including phenoxy) is 2. The Morgan fingerprint density at radius 3 is 2.61 bits per heavy atom. The highest BCUT2D eigenvalue weighted by Crippen LogP contribution is 2.28. The Bertz CT molecular complexity index is 480. The van der Waals surface area contributed by atoms with Gasteiger partial charge in [0.25, 0.3) is 0 Å². The van der Waals surface area contributed by atoms with E-state index in [4.69, 9.17) is 0 Å². The molecule has 1 aromatic heterocycles. The Morgan fingerprint density at radius 1 is 1.39 bits per heavy atom. The molecule has 1 heterocycles. The zero-order valence-corrected chi connectivity index (χ0v) is 11.1. The molecule has 1 rings (SSSR count). The van der Waals surface area contributed by atoms with E-state index in [0.29, 0.717) is 5.56 Å². The summed E-state index contributed by atoms with van der Waals surface area (Å²) in [7, 11) is 1.24. The summed E-state index contributed by atoms with van der Waals surface area (Å²) in [5.74, 6) is -2.46. The standard InChI is InChI=1S/C11H13NO5S/c1-4-17-11(15)9(13)12-7-6(2)5-18-8(7)10(14)16-3/h5H,4H2,1-3H3,(H,12,13). The molecular weight excluding hydrogens is 258 g/mol. The number of esters is 2. The fourth-order valence-corrected chi connectivity index (χ4v) is 2.13. The first-order valence-corrected chi connectivity index (χ1v) is 6.03. The van der Waals surface area contributed by atoms with Crippen LogP contribution in [0.4, 0.5) is 5.69 Å². The molecule has 1 N–H and O–H groups in total. The van der Waals surface area contributed by atoms with Gasteiger partial charge in [-0.25, -0.2) is 9.59 Å². The Balaban J connectivity index is 2.90. The molecular formula is C11H13NO5S. The van der Waals surface area contributed by atoms with Gasteiger partial charge in [0.1, 0.15) is 4.88 Å². The van der Waals surface area contributed by atoms with Gasteiger partial charge in [0.05, 0.1) is 19.4 Å². The van der Waals surface area contributed by atoms with Crippen LogP contribution in [-0.2, 0) is 19.1 Å². The van der Waals surface area contributed by atoms with Crippen molar-refractivity contribution in [3.63, 3.8) is 0 Å². The van der Waals surface area contributed by atoms with Crippen molar-refractivity contribution < 1.29 is 23.9 Å². The van der Waals surface area contributed by atoms with Gasteiger partial charge in [0, 0.05) is 0 Å². The van der Waals surface area contributed by atoms with E-state index < -0.39 is 17.8 Å². The van der Waals surface area contributed by atoms with E-state index in [1.54, 1.807) is 19.2 Å². The highest BCUT2D eigenvalue weighted by molar-refractivity contribution is 7.12. The van der Waals surface area contributed by atoms with Crippen molar-refractivity contribution in [2.45, 2.75) is 13.8 Å². The number of thiophene rings is 1. The average Bonchev–Trinajstić information content (AvgIpc) is 2.70. The number of nitrogens with one attached hydrogen (secondary N) is 1. The first-order chi connectivity index (χ1) is 8.51. The smallest absolute Gasteiger partial charge is 0.397 e. The minimum absolute atomic E-state index is 0.110. The van der Waals surface area contributed by atoms with Gasteiger partial charge in [0.2, 0.25) is 0 Å². The predicted octanol–water partition coefficient (Wildman–Crippen LogP) is 1.34. The summed E-state index contributed by atoms with van der Waals surface area (Å²) < 4.78 is 9.14. The number of hydrogen-bond donors (Lipinski definition) is 1. The van der Waals surface area contributed by atoms with Crippen LogP contribution in [-0.4, -0.2) is 31.6 Å². The second kappa shape index (κ2) is 6.15. The van der Waals surface area contributed by atoms with Gasteiger partial charge < -0.3 is 14.8 Å². The number of carbonyl (C=O) groups excluding carboxylic acids is 3. The lowest BCUT2D eigenvalue weighted by molar-refractivity contribution is -0.152. The van der Waals surface area contributed by atoms with Crippen LogP contribution in [0.3, 0.4) is 0 Å². The molecule has 0 atom stereocenters. The molecule has 0 spiro atoms. The molecule has 7 heteroatoms. The minimum Gasteiger partial charge on any atom is -0.465 e. The van der Waals surface area contributed by atoms with Crippen LogP contribution in [0.1, 0.15) is 22.2 Å². The second-order valence-corrected chi connectivity index (χ2v) is 4.17. The topological polar surface area (TPSA) is 81.7 Å². The van der Waals surface area contributed by atoms with Crippen LogP contribution in [0.15, 0.2) is 5.38 Å². The van der Waals surface area contributed by atoms with Crippen LogP contribution >= 0.6 is 11.3 Å². The summed E-state index contributed by atoms with van der Waals surface area (Å²) in [6, 6.07) is 0. The molecule has 98 valence electrons. The Labute approximate surface area is 108 Å². The number of anilines is 1. The molecule has 6 nitrogen and oxygen atoms in total. The molecule has 0 bridgehead atoms. The summed E-state index contributed by atoms with van der Waals surface area (Å²) in [4.78, 5) is 34.4. The van der Waals surface area contributed by atoms with Crippen molar-refractivity contribution in [3.8, 4) is 0 Å². The molecule has 0 aliphatic heterocycles. The molecule has 0 radical (unpaired) electrons. The minimum atomic E-state index is -0.987. The van der Waals surface area contributed by atoms with E-state index in [1.165, 1.54) is 7.11 Å². The molecule has 0 aromatic carbocycles. The zero-order chi connectivity index (χ0) is 13.7. The molecule has 0 unspecified atom stereocenters. The average molecular weight is 271 g/mol. The SMILES string of the molecule is CCOC(=O)C(=O)Nc1c(C)csc1C(=O)OC. The van der Waals surface area contributed by atoms with Gasteiger partial charge >= 0.3 is 17.8 Å². The monoisotopic (exact) mass is 271 g/mol. The van der Waals surface area contributed by atoms with E-state index in [2.05, 4.69) is 14.8 Å². The first kappa shape index (κ1) is 14.2. The predicted molar refractivity (Wildman–Crippen MR) is 65.7 cm³/mol. The number of hydrogen-bond acceptors (Lipinski definition) is 6. The third-order valence-electron chi connectivity index (χ3n) is 2.05. The number of methoxy groups -OCH3 is 1. The van der Waals surface area contributed by atoms with Gasteiger partial charge in [-0.05, 0) is 24.8 Å². The molecule has 0 aliphatic rings. The van der Waals surface area contributed by atoms with Crippen LogP contribution in [0.25, 0.3) is 0 Å². The molecule has 0 saturated heterocycles. The number of amides is 1. The van der Waals surface area contributed by atoms with Crippen LogP contribution < -0.4 is 5.32 Å². The molecule has 0 saturated carbocycles. The lowest BCUT2D eigenvalue weighted by atomic mass is 10.2. The van der Waals surface area contributed by atoms with Crippen molar-refractivity contribution in [1.29, 1.82) is 0 Å². The van der Waals surface area contributed by atoms with Crippen LogP contribution in [0.2, 0.25) is 0 Å². The van der Waals surface area contributed by atoms with E-state index >= 15 is 0 Å². The van der Waals surface area contributed by atoms with Crippen molar-refractivity contribution >= 4 is 34.9 Å². The molecule has 18 heavy (non-hydrogen) atoms. The van der Waals surface area contributed by atoms with Crippen LogP contribution in [0.5, 0.6) is 0 Å². The van der Waals surface area contributed by atoms with Crippen molar-refractivity contribution in [1.82, 2.24) is 0 Å². The van der Waals surface area contributed by atoms with Crippen LogP contribution in [0, 0.1) is 6.92 Å². The van der Waals surface area contributed by atoms with E-state index in [1.807, 2.05) is 0 Å². The summed E-state index contributed by atoms with van der Waals surface area (Å²) in [6.45, 7) is 3.42. The normalized spacial score (nSPS) is 9.72. The maximum Gasteiger partial charge on any atom is 0.397 e. The molecule has 1 aromatic rings. The summed E-state index contributed by atoms with van der Waals surface area (Å²) in [6.07, 6.45) is 0. The highest BCUT2D eigenvalue weighted by Gasteiger charge is 2.22. The summed E-state index contributed by atoms with van der Waals surface area (Å²) in [5.41, 5.74) is 0.961. The zero-order valence-electron chi connectivity index (χ0n) is 10.2. The van der Waals surface area contributed by atoms with E-state index in [-0.39, 0.29) is 17.2 Å². The van der Waals surface area contributed by atoms with Crippen molar-refractivity contribution in [2.75, 3.05) is 19.0 Å². The van der Waals surface area contributed by atoms with Gasteiger partial charge in [0.15, 0.2) is 0 Å². The summed E-state index contributed by atoms with van der Waals surface area (Å²) in [5, 5.41) is 4.04. The quantitative estimate of drug-likeness (QED) is 0.662. The van der Waals surface area contributed by atoms with Gasteiger partial charge in [-0.3, -0.25) is 4.79 Å². The summed E-state index contributed by atoms with van der Waals surface area (Å²) >= 11 is 1.13. The third kappa shape index (κ3) is 3.07. The Kier molecular flexibility index (Phi) is 4.85. The largest absolute Gasteiger partial charge is 0.465 e. The molecule has 0 aliphatic carbocycles. The van der Waals surface area contributed by atoms with Gasteiger partial charge in [-0.1, -0.05) is 0 Å². The van der Waals surface area contributed by atoms with Gasteiger partial charge in [-0.2, -0.15) is 0 Å². The lowest BCUT2D eigenvalue weighted by Crippen LogP contribution is -2.25. The number of carbonyl (C=O) groups is 3. The number of rotatable bonds is 3. The molecule has 0 fully saturated rings.